The lowest BCUT2D eigenvalue weighted by Gasteiger charge is -2.02. The normalized spacial score (nSPS) is 11.3. The van der Waals surface area contributed by atoms with Crippen molar-refractivity contribution in [2.75, 3.05) is 0 Å². The molecule has 1 atom stereocenters. The number of carboxylic acids is 1. The summed E-state index contributed by atoms with van der Waals surface area (Å²) in [6.45, 7) is 3.44. The summed E-state index contributed by atoms with van der Waals surface area (Å²) in [7, 11) is 0. The smallest absolute Gasteiger partial charge is 0.304 e. The van der Waals surface area contributed by atoms with E-state index in [-0.39, 0.29) is 24.9 Å². The molecular formula is C6H12ClNO2. The van der Waals surface area contributed by atoms with Crippen LogP contribution in [0.1, 0.15) is 12.8 Å². The Bertz CT molecular complexity index is 116. The van der Waals surface area contributed by atoms with Gasteiger partial charge in [0.2, 0.25) is 0 Å². The standard InChI is InChI=1S/C6H11NO2.ClH/c1-2-3-5(7)4-6(8)9;/h2,5H,1,3-4,7H2,(H,8,9);1H/t5-;/m1./s1. The summed E-state index contributed by atoms with van der Waals surface area (Å²) in [5.74, 6) is -0.857. The van der Waals surface area contributed by atoms with Crippen LogP contribution in [0.25, 0.3) is 0 Å². The minimum absolute atomic E-state index is 0. The van der Waals surface area contributed by atoms with Gasteiger partial charge >= 0.3 is 5.97 Å². The van der Waals surface area contributed by atoms with E-state index in [1.165, 1.54) is 0 Å². The van der Waals surface area contributed by atoms with Crippen molar-refractivity contribution in [3.8, 4) is 0 Å². The SMILES string of the molecule is C=CC[C@@H](N)CC(=O)O.Cl. The highest BCUT2D eigenvalue weighted by atomic mass is 35.5. The van der Waals surface area contributed by atoms with Gasteiger partial charge in [0.25, 0.3) is 0 Å². The van der Waals surface area contributed by atoms with Crippen molar-refractivity contribution < 1.29 is 9.90 Å². The highest BCUT2D eigenvalue weighted by molar-refractivity contribution is 5.85. The van der Waals surface area contributed by atoms with E-state index in [4.69, 9.17) is 10.8 Å². The molecule has 0 amide bonds. The molecule has 0 aromatic carbocycles. The van der Waals surface area contributed by atoms with Crippen LogP contribution in [0.3, 0.4) is 0 Å². The van der Waals surface area contributed by atoms with Gasteiger partial charge in [0.15, 0.2) is 0 Å². The van der Waals surface area contributed by atoms with Gasteiger partial charge in [-0.2, -0.15) is 0 Å². The van der Waals surface area contributed by atoms with E-state index >= 15 is 0 Å². The van der Waals surface area contributed by atoms with E-state index in [1.807, 2.05) is 0 Å². The average Bonchev–Trinajstić information content (AvgIpc) is 1.63. The van der Waals surface area contributed by atoms with E-state index in [1.54, 1.807) is 6.08 Å². The van der Waals surface area contributed by atoms with E-state index < -0.39 is 5.97 Å². The maximum atomic E-state index is 9.97. The van der Waals surface area contributed by atoms with E-state index in [9.17, 15) is 4.79 Å². The predicted octanol–water partition coefficient (Wildman–Crippen LogP) is 0.786. The van der Waals surface area contributed by atoms with Crippen molar-refractivity contribution in [1.29, 1.82) is 0 Å². The van der Waals surface area contributed by atoms with Gasteiger partial charge in [0, 0.05) is 6.04 Å². The van der Waals surface area contributed by atoms with Crippen molar-refractivity contribution in [1.82, 2.24) is 0 Å². The minimum atomic E-state index is -0.857. The van der Waals surface area contributed by atoms with Gasteiger partial charge in [-0.3, -0.25) is 4.79 Å². The molecule has 0 bridgehead atoms. The Labute approximate surface area is 66.3 Å². The zero-order chi connectivity index (χ0) is 7.28. The third-order valence-corrected chi connectivity index (χ3v) is 0.906. The molecule has 0 aromatic heterocycles. The second kappa shape index (κ2) is 6.58. The Hall–Kier alpha value is -0.540. The highest BCUT2D eigenvalue weighted by Gasteiger charge is 2.04. The topological polar surface area (TPSA) is 63.3 Å². The van der Waals surface area contributed by atoms with Gasteiger partial charge in [-0.1, -0.05) is 6.08 Å². The number of aliphatic carboxylic acids is 1. The largest absolute Gasteiger partial charge is 0.481 e. The number of hydrogen-bond donors (Lipinski definition) is 2. The van der Waals surface area contributed by atoms with E-state index in [0.717, 1.165) is 0 Å². The quantitative estimate of drug-likeness (QED) is 0.606. The number of hydrogen-bond acceptors (Lipinski definition) is 2. The van der Waals surface area contributed by atoms with E-state index in [2.05, 4.69) is 6.58 Å². The summed E-state index contributed by atoms with van der Waals surface area (Å²) in [6, 6.07) is -0.278. The molecule has 3 nitrogen and oxygen atoms in total. The summed E-state index contributed by atoms with van der Waals surface area (Å²) >= 11 is 0. The van der Waals surface area contributed by atoms with E-state index in [0.29, 0.717) is 6.42 Å². The molecule has 0 aliphatic rings. The molecule has 0 heterocycles. The molecule has 0 aliphatic heterocycles. The predicted molar refractivity (Wildman–Crippen MR) is 42.3 cm³/mol. The molecule has 0 rings (SSSR count). The van der Waals surface area contributed by atoms with Gasteiger partial charge < -0.3 is 10.8 Å². The second-order valence-corrected chi connectivity index (χ2v) is 1.88. The van der Waals surface area contributed by atoms with Crippen LogP contribution < -0.4 is 5.73 Å². The molecule has 0 saturated heterocycles. The molecule has 0 saturated carbocycles. The monoisotopic (exact) mass is 165 g/mol. The van der Waals surface area contributed by atoms with Crippen LogP contribution in [0, 0.1) is 0 Å². The molecular weight excluding hydrogens is 154 g/mol. The molecule has 0 unspecified atom stereocenters. The molecule has 4 heteroatoms. The first-order valence-electron chi connectivity index (χ1n) is 2.75. The summed E-state index contributed by atoms with van der Waals surface area (Å²) in [5.41, 5.74) is 5.33. The van der Waals surface area contributed by atoms with Crippen LogP contribution >= 0.6 is 12.4 Å². The number of rotatable bonds is 4. The lowest BCUT2D eigenvalue weighted by Crippen LogP contribution is -2.22. The number of carboxylic acid groups (broad SMARTS) is 1. The Kier molecular flexibility index (Phi) is 8.00. The van der Waals surface area contributed by atoms with Crippen molar-refractivity contribution >= 4 is 18.4 Å². The van der Waals surface area contributed by atoms with Gasteiger partial charge in [0.1, 0.15) is 0 Å². The molecule has 3 N–H and O–H groups in total. The van der Waals surface area contributed by atoms with Gasteiger partial charge in [0.05, 0.1) is 6.42 Å². The summed E-state index contributed by atoms with van der Waals surface area (Å²) in [6.07, 6.45) is 2.20. The number of nitrogens with two attached hydrogens (primary N) is 1. The summed E-state index contributed by atoms with van der Waals surface area (Å²) in [4.78, 5) is 9.97. The second-order valence-electron chi connectivity index (χ2n) is 1.88. The number of carbonyl (C=O) groups is 1. The Morgan fingerprint density at radius 3 is 2.60 bits per heavy atom. The fourth-order valence-electron chi connectivity index (χ4n) is 0.522. The minimum Gasteiger partial charge on any atom is -0.481 e. The first-order chi connectivity index (χ1) is 4.16. The molecule has 60 valence electrons. The van der Waals surface area contributed by atoms with Crippen molar-refractivity contribution in [2.24, 2.45) is 5.73 Å². The third kappa shape index (κ3) is 7.46. The lowest BCUT2D eigenvalue weighted by molar-refractivity contribution is -0.137. The fourth-order valence-corrected chi connectivity index (χ4v) is 0.522. The molecule has 0 aromatic rings. The Morgan fingerprint density at radius 2 is 2.30 bits per heavy atom. The van der Waals surface area contributed by atoms with Crippen molar-refractivity contribution in [3.05, 3.63) is 12.7 Å². The molecule has 10 heavy (non-hydrogen) atoms. The van der Waals surface area contributed by atoms with Crippen LogP contribution in [0.5, 0.6) is 0 Å². The average molecular weight is 166 g/mol. The highest BCUT2D eigenvalue weighted by Crippen LogP contribution is 1.93. The van der Waals surface area contributed by atoms with Crippen LogP contribution in [-0.4, -0.2) is 17.1 Å². The number of halogens is 1. The molecule has 0 spiro atoms. The maximum absolute atomic E-state index is 9.97. The lowest BCUT2D eigenvalue weighted by atomic mass is 10.1. The first-order valence-corrected chi connectivity index (χ1v) is 2.75. The van der Waals surface area contributed by atoms with Gasteiger partial charge in [-0.05, 0) is 6.42 Å². The zero-order valence-corrected chi connectivity index (χ0v) is 6.43. The first kappa shape index (κ1) is 12.2. The van der Waals surface area contributed by atoms with Crippen molar-refractivity contribution in [3.63, 3.8) is 0 Å². The van der Waals surface area contributed by atoms with Crippen LogP contribution in [0.2, 0.25) is 0 Å². The van der Waals surface area contributed by atoms with Crippen LogP contribution in [0.15, 0.2) is 12.7 Å². The van der Waals surface area contributed by atoms with Crippen LogP contribution in [-0.2, 0) is 4.79 Å². The summed E-state index contributed by atoms with van der Waals surface area (Å²) in [5, 5.41) is 8.20. The molecule has 0 aliphatic carbocycles. The molecule has 0 fully saturated rings. The Balaban J connectivity index is 0. The van der Waals surface area contributed by atoms with Gasteiger partial charge in [-0.25, -0.2) is 0 Å². The third-order valence-electron chi connectivity index (χ3n) is 0.906. The van der Waals surface area contributed by atoms with Crippen molar-refractivity contribution in [2.45, 2.75) is 18.9 Å². The zero-order valence-electron chi connectivity index (χ0n) is 5.62. The summed E-state index contributed by atoms with van der Waals surface area (Å²) < 4.78 is 0. The Morgan fingerprint density at radius 1 is 1.80 bits per heavy atom. The van der Waals surface area contributed by atoms with Crippen LogP contribution in [0.4, 0.5) is 0 Å². The molecule has 0 radical (unpaired) electrons. The van der Waals surface area contributed by atoms with Gasteiger partial charge in [-0.15, -0.1) is 19.0 Å². The fraction of sp³-hybridized carbons (Fsp3) is 0.500. The maximum Gasteiger partial charge on any atom is 0.304 e.